The van der Waals surface area contributed by atoms with Crippen LogP contribution in [0.25, 0.3) is 0 Å². The molecule has 0 bridgehead atoms. The van der Waals surface area contributed by atoms with Crippen molar-refractivity contribution in [3.8, 4) is 17.2 Å². The summed E-state index contributed by atoms with van der Waals surface area (Å²) >= 11 is 0. The number of methoxy groups -OCH3 is 3. The lowest BCUT2D eigenvalue weighted by molar-refractivity contribution is 0.322. The summed E-state index contributed by atoms with van der Waals surface area (Å²) in [4.78, 5) is 4.37. The van der Waals surface area contributed by atoms with Crippen LogP contribution in [0.1, 0.15) is 11.1 Å². The molecule has 2 aromatic carbocycles. The SMILES string of the molecule is COc1ccc(CN=C(N)Nc2cccc(C)c2)c(OC)c1OC.I. The van der Waals surface area contributed by atoms with Gasteiger partial charge in [-0.15, -0.1) is 24.0 Å². The van der Waals surface area contributed by atoms with Crippen LogP contribution in [0.3, 0.4) is 0 Å². The minimum atomic E-state index is 0. The van der Waals surface area contributed by atoms with Crippen molar-refractivity contribution in [1.29, 1.82) is 0 Å². The highest BCUT2D eigenvalue weighted by atomic mass is 127. The van der Waals surface area contributed by atoms with Gasteiger partial charge in [0.2, 0.25) is 5.75 Å². The first-order valence-corrected chi connectivity index (χ1v) is 7.50. The first-order valence-electron chi connectivity index (χ1n) is 7.50. The molecule has 0 atom stereocenters. The van der Waals surface area contributed by atoms with E-state index in [2.05, 4.69) is 10.3 Å². The van der Waals surface area contributed by atoms with E-state index in [0.717, 1.165) is 16.8 Å². The van der Waals surface area contributed by atoms with Gasteiger partial charge in [0.15, 0.2) is 17.5 Å². The van der Waals surface area contributed by atoms with Gasteiger partial charge in [-0.05, 0) is 36.8 Å². The van der Waals surface area contributed by atoms with Crippen molar-refractivity contribution in [3.05, 3.63) is 47.5 Å². The van der Waals surface area contributed by atoms with E-state index in [-0.39, 0.29) is 24.0 Å². The molecule has 0 aliphatic carbocycles. The molecule has 0 fully saturated rings. The number of nitrogens with one attached hydrogen (secondary N) is 1. The zero-order valence-electron chi connectivity index (χ0n) is 14.8. The van der Waals surface area contributed by atoms with Gasteiger partial charge in [0.1, 0.15) is 0 Å². The fraction of sp³-hybridized carbons (Fsp3) is 0.278. The lowest BCUT2D eigenvalue weighted by atomic mass is 10.1. The van der Waals surface area contributed by atoms with Crippen molar-refractivity contribution in [1.82, 2.24) is 0 Å². The summed E-state index contributed by atoms with van der Waals surface area (Å²) in [6.45, 7) is 2.38. The minimum Gasteiger partial charge on any atom is -0.493 e. The van der Waals surface area contributed by atoms with E-state index < -0.39 is 0 Å². The van der Waals surface area contributed by atoms with Crippen molar-refractivity contribution in [2.45, 2.75) is 13.5 Å². The van der Waals surface area contributed by atoms with Gasteiger partial charge >= 0.3 is 0 Å². The minimum absolute atomic E-state index is 0. The second-order valence-corrected chi connectivity index (χ2v) is 5.19. The second-order valence-electron chi connectivity index (χ2n) is 5.19. The molecule has 0 heterocycles. The normalized spacial score (nSPS) is 10.6. The molecule has 0 amide bonds. The van der Waals surface area contributed by atoms with Crippen LogP contribution in [0.5, 0.6) is 17.2 Å². The van der Waals surface area contributed by atoms with Crippen LogP contribution in [-0.4, -0.2) is 27.3 Å². The number of hydrogen-bond donors (Lipinski definition) is 2. The summed E-state index contributed by atoms with van der Waals surface area (Å²) in [5.74, 6) is 2.06. The lowest BCUT2D eigenvalue weighted by Gasteiger charge is -2.15. The van der Waals surface area contributed by atoms with Crippen LogP contribution in [0.4, 0.5) is 5.69 Å². The molecular weight excluding hydrogens is 433 g/mol. The maximum atomic E-state index is 5.96. The first-order chi connectivity index (χ1) is 11.6. The Bertz CT molecular complexity index is 736. The molecule has 136 valence electrons. The van der Waals surface area contributed by atoms with Crippen molar-refractivity contribution in [2.24, 2.45) is 10.7 Å². The Morgan fingerprint density at radius 3 is 2.36 bits per heavy atom. The van der Waals surface area contributed by atoms with E-state index in [1.54, 1.807) is 21.3 Å². The van der Waals surface area contributed by atoms with Gasteiger partial charge in [-0.2, -0.15) is 0 Å². The Hall–Kier alpha value is -2.16. The maximum Gasteiger partial charge on any atom is 0.203 e. The summed E-state index contributed by atoms with van der Waals surface area (Å²) in [6.07, 6.45) is 0. The molecule has 2 rings (SSSR count). The van der Waals surface area contributed by atoms with Crippen molar-refractivity contribution < 1.29 is 14.2 Å². The maximum absolute atomic E-state index is 5.96. The highest BCUT2D eigenvalue weighted by molar-refractivity contribution is 14.0. The molecule has 0 aliphatic heterocycles. The monoisotopic (exact) mass is 457 g/mol. The van der Waals surface area contributed by atoms with Gasteiger partial charge < -0.3 is 25.3 Å². The van der Waals surface area contributed by atoms with Crippen LogP contribution in [-0.2, 0) is 6.54 Å². The molecule has 0 aliphatic rings. The number of nitrogens with zero attached hydrogens (tertiary/aromatic N) is 1. The highest BCUT2D eigenvalue weighted by Gasteiger charge is 2.15. The van der Waals surface area contributed by atoms with Crippen LogP contribution < -0.4 is 25.3 Å². The fourth-order valence-corrected chi connectivity index (χ4v) is 2.37. The summed E-state index contributed by atoms with van der Waals surface area (Å²) in [5, 5.41) is 3.07. The molecule has 0 spiro atoms. The number of rotatable bonds is 6. The third-order valence-corrected chi connectivity index (χ3v) is 3.50. The van der Waals surface area contributed by atoms with Gasteiger partial charge in [-0.3, -0.25) is 0 Å². The Morgan fingerprint density at radius 1 is 1.04 bits per heavy atom. The predicted molar refractivity (Wildman–Crippen MR) is 112 cm³/mol. The number of benzene rings is 2. The number of halogens is 1. The largest absolute Gasteiger partial charge is 0.493 e. The van der Waals surface area contributed by atoms with E-state index in [9.17, 15) is 0 Å². The van der Waals surface area contributed by atoms with Crippen LogP contribution in [0.2, 0.25) is 0 Å². The van der Waals surface area contributed by atoms with E-state index in [0.29, 0.717) is 29.8 Å². The van der Waals surface area contributed by atoms with E-state index in [1.165, 1.54) is 0 Å². The molecule has 25 heavy (non-hydrogen) atoms. The third-order valence-electron chi connectivity index (χ3n) is 3.50. The number of nitrogens with two attached hydrogens (primary N) is 1. The molecule has 2 aromatic rings. The van der Waals surface area contributed by atoms with Crippen LogP contribution in [0, 0.1) is 6.92 Å². The number of hydrogen-bond acceptors (Lipinski definition) is 4. The van der Waals surface area contributed by atoms with E-state index in [4.69, 9.17) is 19.9 Å². The van der Waals surface area contributed by atoms with Crippen LogP contribution in [0.15, 0.2) is 41.4 Å². The molecule has 0 unspecified atom stereocenters. The topological polar surface area (TPSA) is 78.1 Å². The Kier molecular flexibility index (Phi) is 8.33. The van der Waals surface area contributed by atoms with Gasteiger partial charge in [0.25, 0.3) is 0 Å². The number of anilines is 1. The Balaban J connectivity index is 0.00000312. The van der Waals surface area contributed by atoms with Gasteiger partial charge in [0, 0.05) is 11.3 Å². The standard InChI is InChI=1S/C18H23N3O3.HI/c1-12-6-5-7-14(10-12)21-18(19)20-11-13-8-9-15(22-2)17(24-4)16(13)23-3;/h5-10H,11H2,1-4H3,(H3,19,20,21);1H. The number of aliphatic imine (C=N–C) groups is 1. The van der Waals surface area contributed by atoms with Crippen LogP contribution >= 0.6 is 24.0 Å². The van der Waals surface area contributed by atoms with Gasteiger partial charge in [-0.1, -0.05) is 12.1 Å². The Morgan fingerprint density at radius 2 is 1.76 bits per heavy atom. The molecule has 0 saturated heterocycles. The summed E-state index contributed by atoms with van der Waals surface area (Å²) in [6, 6.07) is 11.6. The van der Waals surface area contributed by atoms with Gasteiger partial charge in [-0.25, -0.2) is 4.99 Å². The smallest absolute Gasteiger partial charge is 0.203 e. The molecule has 6 nitrogen and oxygen atoms in total. The average Bonchev–Trinajstić information content (AvgIpc) is 2.58. The molecule has 0 saturated carbocycles. The number of aryl methyl sites for hydroxylation is 1. The average molecular weight is 457 g/mol. The second kappa shape index (κ2) is 9.97. The zero-order chi connectivity index (χ0) is 17.5. The summed E-state index contributed by atoms with van der Waals surface area (Å²) in [7, 11) is 4.73. The highest BCUT2D eigenvalue weighted by Crippen LogP contribution is 2.39. The van der Waals surface area contributed by atoms with Crippen molar-refractivity contribution >= 4 is 35.6 Å². The molecule has 0 aromatic heterocycles. The van der Waals surface area contributed by atoms with Crippen molar-refractivity contribution in [3.63, 3.8) is 0 Å². The van der Waals surface area contributed by atoms with E-state index >= 15 is 0 Å². The summed E-state index contributed by atoms with van der Waals surface area (Å²) < 4.78 is 16.1. The Labute approximate surface area is 165 Å². The molecule has 0 radical (unpaired) electrons. The molecule has 3 N–H and O–H groups in total. The van der Waals surface area contributed by atoms with Gasteiger partial charge in [0.05, 0.1) is 27.9 Å². The predicted octanol–water partition coefficient (Wildman–Crippen LogP) is 3.57. The quantitative estimate of drug-likeness (QED) is 0.394. The van der Waals surface area contributed by atoms with E-state index in [1.807, 2.05) is 43.3 Å². The summed E-state index contributed by atoms with van der Waals surface area (Å²) in [5.41, 5.74) is 8.86. The lowest BCUT2D eigenvalue weighted by Crippen LogP contribution is -2.22. The number of ether oxygens (including phenoxy) is 3. The van der Waals surface area contributed by atoms with Crippen molar-refractivity contribution in [2.75, 3.05) is 26.6 Å². The third kappa shape index (κ3) is 5.42. The molecular formula is C18H24IN3O3. The first kappa shape index (κ1) is 20.9. The number of guanidine groups is 1. The fourth-order valence-electron chi connectivity index (χ4n) is 2.37. The molecule has 7 heteroatoms. The zero-order valence-corrected chi connectivity index (χ0v) is 17.2.